The minimum Gasteiger partial charge on any atom is -0.486 e. The van der Waals surface area contributed by atoms with Gasteiger partial charge in [-0.15, -0.1) is 0 Å². The molecule has 1 N–H and O–H groups in total. The van der Waals surface area contributed by atoms with E-state index in [1.54, 1.807) is 18.2 Å². The highest BCUT2D eigenvalue weighted by molar-refractivity contribution is 5.79. The largest absolute Gasteiger partial charge is 0.486 e. The average molecular weight is 461 g/mol. The van der Waals surface area contributed by atoms with Gasteiger partial charge in [-0.05, 0) is 78.8 Å². The predicted octanol–water partition coefficient (Wildman–Crippen LogP) is 5.87. The molecule has 0 spiro atoms. The van der Waals surface area contributed by atoms with E-state index in [1.165, 1.54) is 13.0 Å². The third-order valence-electron chi connectivity index (χ3n) is 6.31. The number of hydrogen-bond acceptors (Lipinski definition) is 4. The Morgan fingerprint density at radius 3 is 2.56 bits per heavy atom. The van der Waals surface area contributed by atoms with E-state index in [0.29, 0.717) is 31.6 Å². The van der Waals surface area contributed by atoms with Gasteiger partial charge in [0.05, 0.1) is 6.61 Å². The molecule has 1 heterocycles. The van der Waals surface area contributed by atoms with E-state index < -0.39 is 0 Å². The van der Waals surface area contributed by atoms with E-state index in [1.807, 2.05) is 36.4 Å². The lowest BCUT2D eigenvalue weighted by Gasteiger charge is -2.19. The summed E-state index contributed by atoms with van der Waals surface area (Å²) in [7, 11) is 0. The molecular formula is C29H29FO4. The van der Waals surface area contributed by atoms with Crippen molar-refractivity contribution in [2.24, 2.45) is 5.92 Å². The lowest BCUT2D eigenvalue weighted by atomic mass is 9.94. The SMILES string of the molecule is CC(=O)C(CO)CCc1ccc(F)c(C=Cc2cccc(-c3ccc4c(c3)OCCO4)c2C)c1. The van der Waals surface area contributed by atoms with E-state index in [2.05, 4.69) is 13.0 Å². The first-order chi connectivity index (χ1) is 16.5. The summed E-state index contributed by atoms with van der Waals surface area (Å²) in [4.78, 5) is 11.6. The monoisotopic (exact) mass is 460 g/mol. The Morgan fingerprint density at radius 2 is 1.79 bits per heavy atom. The molecule has 4 rings (SSSR count). The average Bonchev–Trinajstić information content (AvgIpc) is 2.84. The number of aliphatic hydroxyl groups is 1. The number of rotatable bonds is 8. The Hall–Kier alpha value is -3.44. The first-order valence-electron chi connectivity index (χ1n) is 11.5. The molecule has 1 aliphatic heterocycles. The third kappa shape index (κ3) is 5.37. The molecular weight excluding hydrogens is 431 g/mol. The molecule has 176 valence electrons. The molecule has 0 saturated heterocycles. The topological polar surface area (TPSA) is 55.8 Å². The summed E-state index contributed by atoms with van der Waals surface area (Å²) < 4.78 is 25.9. The lowest BCUT2D eigenvalue weighted by molar-refractivity contribution is -0.122. The van der Waals surface area contributed by atoms with Crippen molar-refractivity contribution in [3.05, 3.63) is 82.7 Å². The van der Waals surface area contributed by atoms with Crippen molar-refractivity contribution < 1.29 is 23.8 Å². The Bertz CT molecular complexity index is 1210. The van der Waals surface area contributed by atoms with Gasteiger partial charge in [0.25, 0.3) is 0 Å². The number of fused-ring (bicyclic) bond motifs is 1. The number of ether oxygens (including phenoxy) is 2. The quantitative estimate of drug-likeness (QED) is 0.427. The predicted molar refractivity (Wildman–Crippen MR) is 133 cm³/mol. The minimum absolute atomic E-state index is 0.0295. The molecule has 1 unspecified atom stereocenters. The van der Waals surface area contributed by atoms with Gasteiger partial charge in [0, 0.05) is 11.5 Å². The van der Waals surface area contributed by atoms with Crippen LogP contribution in [0.5, 0.6) is 11.5 Å². The first-order valence-corrected chi connectivity index (χ1v) is 11.5. The van der Waals surface area contributed by atoms with Crippen molar-refractivity contribution in [3.63, 3.8) is 0 Å². The fourth-order valence-electron chi connectivity index (χ4n) is 4.18. The van der Waals surface area contributed by atoms with Crippen LogP contribution in [0.3, 0.4) is 0 Å². The van der Waals surface area contributed by atoms with Gasteiger partial charge in [0.2, 0.25) is 0 Å². The molecule has 0 amide bonds. The van der Waals surface area contributed by atoms with Gasteiger partial charge in [-0.1, -0.05) is 42.5 Å². The van der Waals surface area contributed by atoms with Crippen LogP contribution in [-0.4, -0.2) is 30.7 Å². The Kier molecular flexibility index (Phi) is 7.43. The number of carbonyl (C=O) groups excluding carboxylic acids is 1. The summed E-state index contributed by atoms with van der Waals surface area (Å²) >= 11 is 0. The zero-order chi connectivity index (χ0) is 24.1. The van der Waals surface area contributed by atoms with Crippen LogP contribution in [0.4, 0.5) is 4.39 Å². The van der Waals surface area contributed by atoms with Crippen molar-refractivity contribution in [1.29, 1.82) is 0 Å². The van der Waals surface area contributed by atoms with Crippen molar-refractivity contribution in [2.45, 2.75) is 26.7 Å². The van der Waals surface area contributed by atoms with E-state index in [4.69, 9.17) is 9.47 Å². The smallest absolute Gasteiger partial charge is 0.161 e. The molecule has 0 aliphatic carbocycles. The molecule has 3 aromatic rings. The first kappa shape index (κ1) is 23.7. The summed E-state index contributed by atoms with van der Waals surface area (Å²) in [5.41, 5.74) is 5.61. The Morgan fingerprint density at radius 1 is 1.03 bits per heavy atom. The second-order valence-electron chi connectivity index (χ2n) is 8.60. The molecule has 0 bridgehead atoms. The van der Waals surface area contributed by atoms with Crippen LogP contribution in [0, 0.1) is 18.7 Å². The summed E-state index contributed by atoms with van der Waals surface area (Å²) in [6, 6.07) is 17.0. The zero-order valence-corrected chi connectivity index (χ0v) is 19.5. The molecule has 1 atom stereocenters. The number of carbonyl (C=O) groups is 1. The highest BCUT2D eigenvalue weighted by Gasteiger charge is 2.15. The van der Waals surface area contributed by atoms with E-state index >= 15 is 0 Å². The Balaban J connectivity index is 1.56. The van der Waals surface area contributed by atoms with Crippen molar-refractivity contribution in [2.75, 3.05) is 19.8 Å². The molecule has 0 fully saturated rings. The second kappa shape index (κ2) is 10.7. The number of ketones is 1. The Labute approximate surface area is 199 Å². The number of benzene rings is 3. The summed E-state index contributed by atoms with van der Waals surface area (Å²) in [5.74, 6) is 0.794. The standard InChI is InChI=1S/C29H29FO4/c1-19-22(4-3-5-26(19)23-11-13-28-29(17-23)34-15-14-33-28)9-10-24-16-21(7-12-27(24)30)6-8-25(18-31)20(2)32/h3-5,7,9-13,16-17,25,31H,6,8,14-15,18H2,1-2H3. The van der Waals surface area contributed by atoms with E-state index in [0.717, 1.165) is 39.3 Å². The number of aryl methyl sites for hydroxylation is 1. The van der Waals surface area contributed by atoms with Gasteiger partial charge in [-0.25, -0.2) is 4.39 Å². The number of halogens is 1. The van der Waals surface area contributed by atoms with Crippen molar-refractivity contribution in [1.82, 2.24) is 0 Å². The lowest BCUT2D eigenvalue weighted by Crippen LogP contribution is -2.16. The van der Waals surface area contributed by atoms with Crippen LogP contribution < -0.4 is 9.47 Å². The van der Waals surface area contributed by atoms with Gasteiger partial charge in [0.15, 0.2) is 11.5 Å². The van der Waals surface area contributed by atoms with Gasteiger partial charge in [-0.2, -0.15) is 0 Å². The molecule has 1 aliphatic rings. The fourth-order valence-corrected chi connectivity index (χ4v) is 4.18. The maximum Gasteiger partial charge on any atom is 0.161 e. The van der Waals surface area contributed by atoms with Crippen LogP contribution in [0.25, 0.3) is 23.3 Å². The highest BCUT2D eigenvalue weighted by Crippen LogP contribution is 2.36. The normalized spacial score (nSPS) is 13.8. The highest BCUT2D eigenvalue weighted by atomic mass is 19.1. The molecule has 34 heavy (non-hydrogen) atoms. The molecule has 3 aromatic carbocycles. The van der Waals surface area contributed by atoms with Gasteiger partial charge >= 0.3 is 0 Å². The number of aliphatic hydroxyl groups excluding tert-OH is 1. The maximum atomic E-state index is 14.5. The van der Waals surface area contributed by atoms with Crippen LogP contribution in [0.2, 0.25) is 0 Å². The maximum absolute atomic E-state index is 14.5. The summed E-state index contributed by atoms with van der Waals surface area (Å²) in [6.07, 6.45) is 4.84. The summed E-state index contributed by atoms with van der Waals surface area (Å²) in [5, 5.41) is 9.37. The number of hydrogen-bond donors (Lipinski definition) is 1. The van der Waals surface area contributed by atoms with Crippen molar-refractivity contribution in [3.8, 4) is 22.6 Å². The van der Waals surface area contributed by atoms with Gasteiger partial charge in [-0.3, -0.25) is 4.79 Å². The number of Topliss-reactive ketones (excluding diaryl/α,β-unsaturated/α-hetero) is 1. The molecule has 0 aromatic heterocycles. The molecule has 5 heteroatoms. The molecule has 0 radical (unpaired) electrons. The molecule has 0 saturated carbocycles. The second-order valence-corrected chi connectivity index (χ2v) is 8.60. The third-order valence-corrected chi connectivity index (χ3v) is 6.31. The van der Waals surface area contributed by atoms with Gasteiger partial charge in [0.1, 0.15) is 24.8 Å². The minimum atomic E-state index is -0.380. The summed E-state index contributed by atoms with van der Waals surface area (Å²) in [6.45, 7) is 4.47. The van der Waals surface area contributed by atoms with Crippen LogP contribution in [-0.2, 0) is 11.2 Å². The van der Waals surface area contributed by atoms with Gasteiger partial charge < -0.3 is 14.6 Å². The molecule has 4 nitrogen and oxygen atoms in total. The van der Waals surface area contributed by atoms with Crippen LogP contribution in [0.1, 0.15) is 35.6 Å². The van der Waals surface area contributed by atoms with E-state index in [-0.39, 0.29) is 24.1 Å². The van der Waals surface area contributed by atoms with Crippen LogP contribution in [0.15, 0.2) is 54.6 Å². The fraction of sp³-hybridized carbons (Fsp3) is 0.276. The van der Waals surface area contributed by atoms with Crippen molar-refractivity contribution >= 4 is 17.9 Å². The zero-order valence-electron chi connectivity index (χ0n) is 19.5. The van der Waals surface area contributed by atoms with Crippen LogP contribution >= 0.6 is 0 Å². The van der Waals surface area contributed by atoms with E-state index in [9.17, 15) is 14.3 Å².